The monoisotopic (exact) mass is 402 g/mol. The zero-order chi connectivity index (χ0) is 19.9. The summed E-state index contributed by atoms with van der Waals surface area (Å²) in [7, 11) is -3.16. The zero-order valence-electron chi connectivity index (χ0n) is 16.3. The second kappa shape index (κ2) is 7.33. The number of carbonyl (C=O) groups excluding carboxylic acids is 1. The summed E-state index contributed by atoms with van der Waals surface area (Å²) in [6, 6.07) is 8.03. The molecule has 2 fully saturated rings. The summed E-state index contributed by atoms with van der Waals surface area (Å²) in [6.45, 7) is 2.94. The Kier molecular flexibility index (Phi) is 5.01. The highest BCUT2D eigenvalue weighted by Crippen LogP contribution is 2.42. The van der Waals surface area contributed by atoms with E-state index in [9.17, 15) is 13.2 Å². The van der Waals surface area contributed by atoms with Crippen molar-refractivity contribution in [3.8, 4) is 5.69 Å². The van der Waals surface area contributed by atoms with Crippen molar-refractivity contribution in [2.45, 2.75) is 44.6 Å². The van der Waals surface area contributed by atoms with Crippen LogP contribution in [0.2, 0.25) is 0 Å². The van der Waals surface area contributed by atoms with E-state index < -0.39 is 10.0 Å². The molecule has 1 aliphatic carbocycles. The predicted octanol–water partition coefficient (Wildman–Crippen LogP) is 2.21. The lowest BCUT2D eigenvalue weighted by molar-refractivity contribution is 0.0923. The molecule has 1 aliphatic heterocycles. The molecule has 1 N–H and O–H groups in total. The van der Waals surface area contributed by atoms with E-state index in [0.29, 0.717) is 37.4 Å². The van der Waals surface area contributed by atoms with Gasteiger partial charge in [0.15, 0.2) is 0 Å². The highest BCUT2D eigenvalue weighted by atomic mass is 32.2. The molecule has 1 saturated heterocycles. The summed E-state index contributed by atoms with van der Waals surface area (Å²) >= 11 is 0. The van der Waals surface area contributed by atoms with Crippen LogP contribution in [0.5, 0.6) is 0 Å². The van der Waals surface area contributed by atoms with Gasteiger partial charge in [-0.2, -0.15) is 5.10 Å². The molecule has 8 heteroatoms. The molecule has 1 saturated carbocycles. The van der Waals surface area contributed by atoms with Crippen molar-refractivity contribution < 1.29 is 13.2 Å². The fraction of sp³-hybridized carbons (Fsp3) is 0.500. The highest BCUT2D eigenvalue weighted by Gasteiger charge is 2.34. The van der Waals surface area contributed by atoms with E-state index >= 15 is 0 Å². The number of benzene rings is 1. The standard InChI is InChI=1S/C20H26N4O3S/c1-14-5-3-4-6-18(14)24-19(15-7-8-15)17(13-21-24)20(25)22-16-9-11-23(12-10-16)28(2,26)27/h3-6,13,15-16H,7-12H2,1-2H3,(H,22,25). The summed E-state index contributed by atoms with van der Waals surface area (Å²) in [6.07, 6.45) is 6.30. The number of aromatic nitrogens is 2. The number of nitrogens with one attached hydrogen (secondary N) is 1. The number of hydrogen-bond acceptors (Lipinski definition) is 4. The van der Waals surface area contributed by atoms with Gasteiger partial charge < -0.3 is 5.32 Å². The Labute approximate surface area is 165 Å². The Morgan fingerprint density at radius 2 is 1.82 bits per heavy atom. The van der Waals surface area contributed by atoms with Crippen LogP contribution in [0.25, 0.3) is 5.69 Å². The minimum atomic E-state index is -3.16. The Bertz CT molecular complexity index is 987. The number of sulfonamides is 1. The van der Waals surface area contributed by atoms with Gasteiger partial charge in [-0.1, -0.05) is 18.2 Å². The normalized spacial score (nSPS) is 18.9. The molecule has 0 bridgehead atoms. The minimum Gasteiger partial charge on any atom is -0.349 e. The van der Waals surface area contributed by atoms with Crippen LogP contribution in [-0.2, 0) is 10.0 Å². The van der Waals surface area contributed by atoms with Gasteiger partial charge >= 0.3 is 0 Å². The largest absolute Gasteiger partial charge is 0.349 e. The number of aryl methyl sites for hydroxylation is 1. The molecule has 2 aromatic rings. The molecular weight excluding hydrogens is 376 g/mol. The molecule has 2 heterocycles. The van der Waals surface area contributed by atoms with Crippen LogP contribution < -0.4 is 5.32 Å². The molecule has 1 aromatic heterocycles. The van der Waals surface area contributed by atoms with Gasteiger partial charge in [-0.15, -0.1) is 0 Å². The van der Waals surface area contributed by atoms with Crippen molar-refractivity contribution in [1.82, 2.24) is 19.4 Å². The lowest BCUT2D eigenvalue weighted by Crippen LogP contribution is -2.46. The lowest BCUT2D eigenvalue weighted by atomic mass is 10.1. The number of piperidine rings is 1. The molecule has 28 heavy (non-hydrogen) atoms. The average Bonchev–Trinajstić information content (AvgIpc) is 3.40. The summed E-state index contributed by atoms with van der Waals surface area (Å²) in [5.41, 5.74) is 3.74. The summed E-state index contributed by atoms with van der Waals surface area (Å²) in [5.74, 6) is 0.259. The third-order valence-corrected chi connectivity index (χ3v) is 6.92. The first-order chi connectivity index (χ1) is 13.3. The third-order valence-electron chi connectivity index (χ3n) is 5.62. The van der Waals surface area contributed by atoms with E-state index in [2.05, 4.69) is 10.4 Å². The van der Waals surface area contributed by atoms with Crippen LogP contribution in [0.3, 0.4) is 0 Å². The van der Waals surface area contributed by atoms with Crippen LogP contribution in [0.4, 0.5) is 0 Å². The Morgan fingerprint density at radius 3 is 2.43 bits per heavy atom. The third kappa shape index (κ3) is 3.84. The summed E-state index contributed by atoms with van der Waals surface area (Å²) in [5, 5.41) is 7.63. The maximum Gasteiger partial charge on any atom is 0.255 e. The van der Waals surface area contributed by atoms with Crippen molar-refractivity contribution in [1.29, 1.82) is 0 Å². The molecule has 0 radical (unpaired) electrons. The quantitative estimate of drug-likeness (QED) is 0.831. The molecule has 1 aromatic carbocycles. The SMILES string of the molecule is Cc1ccccc1-n1ncc(C(=O)NC2CCN(S(C)(=O)=O)CC2)c1C1CC1. The number of nitrogens with zero attached hydrogens (tertiary/aromatic N) is 3. The van der Waals surface area contributed by atoms with Crippen molar-refractivity contribution in [2.75, 3.05) is 19.3 Å². The van der Waals surface area contributed by atoms with Crippen molar-refractivity contribution in [2.24, 2.45) is 0 Å². The van der Waals surface area contributed by atoms with E-state index in [1.807, 2.05) is 35.9 Å². The molecule has 2 aliphatic rings. The van der Waals surface area contributed by atoms with E-state index in [1.54, 1.807) is 6.20 Å². The maximum absolute atomic E-state index is 13.0. The Morgan fingerprint density at radius 1 is 1.14 bits per heavy atom. The smallest absolute Gasteiger partial charge is 0.255 e. The topological polar surface area (TPSA) is 84.3 Å². The molecule has 0 unspecified atom stereocenters. The van der Waals surface area contributed by atoms with Crippen molar-refractivity contribution in [3.63, 3.8) is 0 Å². The second-order valence-electron chi connectivity index (χ2n) is 7.83. The highest BCUT2D eigenvalue weighted by molar-refractivity contribution is 7.88. The number of rotatable bonds is 5. The second-order valence-corrected chi connectivity index (χ2v) is 9.81. The Hall–Kier alpha value is -2.19. The van der Waals surface area contributed by atoms with E-state index in [0.717, 1.165) is 29.8 Å². The molecule has 7 nitrogen and oxygen atoms in total. The van der Waals surface area contributed by atoms with Crippen LogP contribution >= 0.6 is 0 Å². The lowest BCUT2D eigenvalue weighted by Gasteiger charge is -2.30. The van der Waals surface area contributed by atoms with Gasteiger partial charge in [-0.3, -0.25) is 4.79 Å². The first-order valence-corrected chi connectivity index (χ1v) is 11.6. The van der Waals surface area contributed by atoms with Gasteiger partial charge in [0, 0.05) is 25.0 Å². The van der Waals surface area contributed by atoms with Crippen LogP contribution in [0.1, 0.15) is 53.2 Å². The van der Waals surface area contributed by atoms with E-state index in [4.69, 9.17) is 0 Å². The average molecular weight is 403 g/mol. The first kappa shape index (κ1) is 19.1. The Balaban J connectivity index is 1.52. The van der Waals surface area contributed by atoms with Gasteiger partial charge in [0.1, 0.15) is 0 Å². The number of carbonyl (C=O) groups is 1. The molecule has 1 amide bonds. The number of amides is 1. The number of para-hydroxylation sites is 1. The molecule has 150 valence electrons. The van der Waals surface area contributed by atoms with Crippen LogP contribution in [-0.4, -0.2) is 53.8 Å². The maximum atomic E-state index is 13.0. The van der Waals surface area contributed by atoms with Gasteiger partial charge in [0.05, 0.1) is 29.4 Å². The first-order valence-electron chi connectivity index (χ1n) is 9.74. The molecular formula is C20H26N4O3S. The summed E-state index contributed by atoms with van der Waals surface area (Å²) < 4.78 is 26.7. The zero-order valence-corrected chi connectivity index (χ0v) is 17.1. The molecule has 4 rings (SSSR count). The fourth-order valence-electron chi connectivity index (χ4n) is 3.87. The number of hydrogen-bond donors (Lipinski definition) is 1. The van der Waals surface area contributed by atoms with Crippen molar-refractivity contribution in [3.05, 3.63) is 47.3 Å². The van der Waals surface area contributed by atoms with Crippen LogP contribution in [0, 0.1) is 6.92 Å². The molecule has 0 atom stereocenters. The van der Waals surface area contributed by atoms with Crippen molar-refractivity contribution >= 4 is 15.9 Å². The fourth-order valence-corrected chi connectivity index (χ4v) is 4.74. The minimum absolute atomic E-state index is 0.0145. The van der Waals surface area contributed by atoms with Gasteiger partial charge in [0.2, 0.25) is 10.0 Å². The van der Waals surface area contributed by atoms with Gasteiger partial charge in [0.25, 0.3) is 5.91 Å². The molecule has 0 spiro atoms. The van der Waals surface area contributed by atoms with E-state index in [-0.39, 0.29) is 11.9 Å². The van der Waals surface area contributed by atoms with Gasteiger partial charge in [-0.05, 0) is 44.2 Å². The predicted molar refractivity (Wildman–Crippen MR) is 107 cm³/mol. The van der Waals surface area contributed by atoms with Gasteiger partial charge in [-0.25, -0.2) is 17.4 Å². The van der Waals surface area contributed by atoms with E-state index in [1.165, 1.54) is 10.6 Å². The summed E-state index contributed by atoms with van der Waals surface area (Å²) in [4.78, 5) is 13.0. The van der Waals surface area contributed by atoms with Crippen LogP contribution in [0.15, 0.2) is 30.5 Å².